The van der Waals surface area contributed by atoms with Crippen LogP contribution in [-0.4, -0.2) is 29.1 Å². The normalized spacial score (nSPS) is 11.2. The molecule has 0 saturated carbocycles. The van der Waals surface area contributed by atoms with Crippen LogP contribution in [0, 0.1) is 0 Å². The Morgan fingerprint density at radius 3 is 2.59 bits per heavy atom. The van der Waals surface area contributed by atoms with E-state index in [0.29, 0.717) is 23.3 Å². The highest BCUT2D eigenvalue weighted by atomic mass is 16.1. The predicted octanol–water partition coefficient (Wildman–Crippen LogP) is 3.50. The van der Waals surface area contributed by atoms with E-state index in [2.05, 4.69) is 15.1 Å². The molecule has 142 valence electrons. The van der Waals surface area contributed by atoms with E-state index in [-0.39, 0.29) is 5.56 Å². The minimum absolute atomic E-state index is 0.0901. The summed E-state index contributed by atoms with van der Waals surface area (Å²) in [7, 11) is 0. The number of fused-ring (bicyclic) bond motifs is 1. The Morgan fingerprint density at radius 1 is 1.00 bits per heavy atom. The lowest BCUT2D eigenvalue weighted by molar-refractivity contribution is 0.870. The van der Waals surface area contributed by atoms with Crippen molar-refractivity contribution in [3.05, 3.63) is 89.4 Å². The van der Waals surface area contributed by atoms with Crippen molar-refractivity contribution < 1.29 is 0 Å². The maximum Gasteiger partial charge on any atom is 0.276 e. The molecule has 0 saturated heterocycles. The number of benzene rings is 1. The zero-order chi connectivity index (χ0) is 19.8. The Balaban J connectivity index is 1.70. The molecular weight excluding hydrogens is 364 g/mol. The van der Waals surface area contributed by atoms with Crippen molar-refractivity contribution in [3.8, 4) is 28.3 Å². The quantitative estimate of drug-likeness (QED) is 0.516. The third-order valence-electron chi connectivity index (χ3n) is 4.92. The number of hydrogen-bond donors (Lipinski definition) is 1. The first kappa shape index (κ1) is 17.1. The number of H-pyrrole nitrogens is 1. The predicted molar refractivity (Wildman–Crippen MR) is 111 cm³/mol. The summed E-state index contributed by atoms with van der Waals surface area (Å²) in [5.74, 6) is 0. The van der Waals surface area contributed by atoms with E-state index in [0.717, 1.165) is 22.6 Å². The summed E-state index contributed by atoms with van der Waals surface area (Å²) in [6, 6.07) is 15.5. The van der Waals surface area contributed by atoms with Crippen LogP contribution in [0.3, 0.4) is 0 Å². The van der Waals surface area contributed by atoms with Crippen molar-refractivity contribution >= 4 is 5.65 Å². The first-order chi connectivity index (χ1) is 14.3. The van der Waals surface area contributed by atoms with Crippen LogP contribution in [0.1, 0.15) is 12.5 Å². The van der Waals surface area contributed by atoms with Gasteiger partial charge in [0.05, 0.1) is 11.4 Å². The second-order valence-corrected chi connectivity index (χ2v) is 6.66. The zero-order valence-electron chi connectivity index (χ0n) is 15.8. The summed E-state index contributed by atoms with van der Waals surface area (Å²) < 4.78 is 3.34. The first-order valence-electron chi connectivity index (χ1n) is 9.40. The highest BCUT2D eigenvalue weighted by Gasteiger charge is 2.17. The third kappa shape index (κ3) is 2.84. The largest absolute Gasteiger partial charge is 0.301 e. The third-order valence-corrected chi connectivity index (χ3v) is 4.92. The van der Waals surface area contributed by atoms with Crippen LogP contribution >= 0.6 is 0 Å². The number of nitrogens with zero attached hydrogens (tertiary/aromatic N) is 5. The fourth-order valence-corrected chi connectivity index (χ4v) is 3.48. The highest BCUT2D eigenvalue weighted by molar-refractivity contribution is 5.69. The number of aromatic nitrogens is 6. The maximum absolute atomic E-state index is 13.1. The summed E-state index contributed by atoms with van der Waals surface area (Å²) >= 11 is 0. The second-order valence-electron chi connectivity index (χ2n) is 6.66. The molecule has 0 fully saturated rings. The number of rotatable bonds is 4. The molecule has 0 unspecified atom stereocenters. The molecule has 0 atom stereocenters. The average molecular weight is 382 g/mol. The Bertz CT molecular complexity index is 1350. The SMILES string of the molecule is CCc1c(-c2ccccc2)nc2c(-n3cnc(-c4ccccn4)c3)c[nH]n2c1=O. The molecule has 0 amide bonds. The van der Waals surface area contributed by atoms with Crippen molar-refractivity contribution in [2.45, 2.75) is 13.3 Å². The Hall–Kier alpha value is -4.00. The maximum atomic E-state index is 13.1. The minimum Gasteiger partial charge on any atom is -0.301 e. The molecule has 1 aromatic carbocycles. The van der Waals surface area contributed by atoms with Crippen molar-refractivity contribution in [2.75, 3.05) is 0 Å². The van der Waals surface area contributed by atoms with Gasteiger partial charge in [0.1, 0.15) is 17.7 Å². The molecule has 0 aliphatic rings. The van der Waals surface area contributed by atoms with Crippen LogP contribution in [0.2, 0.25) is 0 Å². The summed E-state index contributed by atoms with van der Waals surface area (Å²) in [6.45, 7) is 1.97. The standard InChI is InChI=1S/C22H18N6O/c1-2-16-20(15-8-4-3-5-9-15)26-21-19(12-25-28(21)22(16)29)27-13-18(24-14-27)17-10-6-7-11-23-17/h3-14,25H,2H2,1H3. The summed E-state index contributed by atoms with van der Waals surface area (Å²) in [4.78, 5) is 26.7. The minimum atomic E-state index is -0.0901. The molecule has 7 heteroatoms. The number of nitrogens with one attached hydrogen (secondary N) is 1. The van der Waals surface area contributed by atoms with Gasteiger partial charge in [-0.2, -0.15) is 4.52 Å². The van der Waals surface area contributed by atoms with Gasteiger partial charge in [0, 0.05) is 29.7 Å². The second kappa shape index (κ2) is 6.87. The Labute approximate surface area is 166 Å². The van der Waals surface area contributed by atoms with Crippen molar-refractivity contribution in [3.63, 3.8) is 0 Å². The molecule has 0 aliphatic carbocycles. The van der Waals surface area contributed by atoms with Crippen molar-refractivity contribution in [1.82, 2.24) is 29.1 Å². The van der Waals surface area contributed by atoms with Crippen molar-refractivity contribution in [2.24, 2.45) is 0 Å². The molecule has 7 nitrogen and oxygen atoms in total. The molecule has 4 aromatic heterocycles. The summed E-state index contributed by atoms with van der Waals surface area (Å²) in [6.07, 6.45) is 7.69. The van der Waals surface area contributed by atoms with Crippen LogP contribution in [0.15, 0.2) is 78.2 Å². The smallest absolute Gasteiger partial charge is 0.276 e. The fraction of sp³-hybridized carbons (Fsp3) is 0.0909. The van der Waals surface area contributed by atoms with Crippen LogP contribution in [0.4, 0.5) is 0 Å². The van der Waals surface area contributed by atoms with E-state index >= 15 is 0 Å². The molecule has 0 bridgehead atoms. The molecular formula is C22H18N6O. The Kier molecular flexibility index (Phi) is 4.05. The highest BCUT2D eigenvalue weighted by Crippen LogP contribution is 2.23. The van der Waals surface area contributed by atoms with Gasteiger partial charge in [-0.1, -0.05) is 43.3 Å². The van der Waals surface area contributed by atoms with Gasteiger partial charge >= 0.3 is 0 Å². The molecule has 1 N–H and O–H groups in total. The van der Waals surface area contributed by atoms with Gasteiger partial charge in [-0.3, -0.25) is 14.9 Å². The molecule has 29 heavy (non-hydrogen) atoms. The monoisotopic (exact) mass is 382 g/mol. The van der Waals surface area contributed by atoms with E-state index in [1.165, 1.54) is 4.52 Å². The summed E-state index contributed by atoms with van der Waals surface area (Å²) in [5.41, 5.74) is 5.07. The number of imidazole rings is 1. The summed E-state index contributed by atoms with van der Waals surface area (Å²) in [5, 5.41) is 3.03. The van der Waals surface area contributed by atoms with Crippen LogP contribution < -0.4 is 5.56 Å². The van der Waals surface area contributed by atoms with Crippen molar-refractivity contribution in [1.29, 1.82) is 0 Å². The number of pyridine rings is 1. The van der Waals surface area contributed by atoms with E-state index in [1.807, 2.05) is 66.2 Å². The van der Waals surface area contributed by atoms with Gasteiger partial charge in [0.15, 0.2) is 5.65 Å². The van der Waals surface area contributed by atoms with Crippen LogP contribution in [0.25, 0.3) is 34.0 Å². The Morgan fingerprint density at radius 2 is 1.83 bits per heavy atom. The molecule has 5 aromatic rings. The van der Waals surface area contributed by atoms with E-state index in [1.54, 1.807) is 18.7 Å². The lowest BCUT2D eigenvalue weighted by Crippen LogP contribution is -2.21. The lowest BCUT2D eigenvalue weighted by atomic mass is 10.1. The van der Waals surface area contributed by atoms with Gasteiger partial charge < -0.3 is 4.57 Å². The van der Waals surface area contributed by atoms with E-state index < -0.39 is 0 Å². The van der Waals surface area contributed by atoms with Crippen LogP contribution in [-0.2, 0) is 6.42 Å². The van der Waals surface area contributed by atoms with Gasteiger partial charge in [0.2, 0.25) is 0 Å². The van der Waals surface area contributed by atoms with Crippen LogP contribution in [0.5, 0.6) is 0 Å². The average Bonchev–Trinajstić information content (AvgIpc) is 3.42. The lowest BCUT2D eigenvalue weighted by Gasteiger charge is -2.08. The number of hydrogen-bond acceptors (Lipinski definition) is 4. The van der Waals surface area contributed by atoms with Gasteiger partial charge in [-0.05, 0) is 18.6 Å². The topological polar surface area (TPSA) is 80.9 Å². The molecule has 0 radical (unpaired) electrons. The molecule has 0 aliphatic heterocycles. The van der Waals surface area contributed by atoms with Gasteiger partial charge in [0.25, 0.3) is 5.56 Å². The molecule has 4 heterocycles. The number of aromatic amines is 1. The van der Waals surface area contributed by atoms with Gasteiger partial charge in [-0.25, -0.2) is 9.97 Å². The molecule has 0 spiro atoms. The fourth-order valence-electron chi connectivity index (χ4n) is 3.48. The van der Waals surface area contributed by atoms with E-state index in [9.17, 15) is 4.79 Å². The first-order valence-corrected chi connectivity index (χ1v) is 9.40. The molecule has 5 rings (SSSR count). The van der Waals surface area contributed by atoms with E-state index in [4.69, 9.17) is 4.98 Å². The zero-order valence-corrected chi connectivity index (χ0v) is 15.8. The van der Waals surface area contributed by atoms with Gasteiger partial charge in [-0.15, -0.1) is 0 Å².